The molecule has 0 radical (unpaired) electrons. The fourth-order valence-corrected chi connectivity index (χ4v) is 3.52. The molecule has 0 heterocycles. The van der Waals surface area contributed by atoms with Gasteiger partial charge in [0.2, 0.25) is 0 Å². The Balaban J connectivity index is 1.65. The number of hydrogen-bond donors (Lipinski definition) is 1. The third-order valence-corrected chi connectivity index (χ3v) is 5.29. The maximum atomic E-state index is 10.6. The molecule has 32 heavy (non-hydrogen) atoms. The average Bonchev–Trinajstić information content (AvgIpc) is 2.80. The van der Waals surface area contributed by atoms with Crippen LogP contribution in [0.2, 0.25) is 0 Å². The van der Waals surface area contributed by atoms with E-state index in [9.17, 15) is 5.11 Å². The molecule has 0 aliphatic carbocycles. The van der Waals surface area contributed by atoms with Gasteiger partial charge >= 0.3 is 0 Å². The van der Waals surface area contributed by atoms with Crippen molar-refractivity contribution in [3.63, 3.8) is 0 Å². The number of benzene rings is 3. The zero-order chi connectivity index (χ0) is 22.8. The lowest BCUT2D eigenvalue weighted by Gasteiger charge is -2.09. The number of phenolic OH excluding ortho intramolecular Hbond substituents is 1. The molecule has 0 aliphatic heterocycles. The summed E-state index contributed by atoms with van der Waals surface area (Å²) >= 11 is 0. The van der Waals surface area contributed by atoms with E-state index < -0.39 is 0 Å². The molecular weight excluding hydrogens is 398 g/mol. The minimum absolute atomic E-state index is 0.213. The van der Waals surface area contributed by atoms with E-state index in [-0.39, 0.29) is 5.75 Å². The molecule has 168 valence electrons. The molecule has 4 heteroatoms. The van der Waals surface area contributed by atoms with E-state index in [0.717, 1.165) is 52.6 Å². The van der Waals surface area contributed by atoms with Crippen molar-refractivity contribution in [3.8, 4) is 28.4 Å². The number of unbranched alkanes of at least 4 members (excludes halogenated alkanes) is 3. The Hall–Kier alpha value is -3.27. The Morgan fingerprint density at radius 3 is 2.09 bits per heavy atom. The van der Waals surface area contributed by atoms with Crippen LogP contribution in [0.4, 0.5) is 5.69 Å². The molecule has 0 saturated heterocycles. The Labute approximate surface area is 191 Å². The molecule has 3 rings (SSSR count). The highest BCUT2D eigenvalue weighted by Gasteiger charge is 2.08. The normalized spacial score (nSPS) is 11.4. The van der Waals surface area contributed by atoms with Crippen LogP contribution >= 0.6 is 0 Å². The second-order valence-electron chi connectivity index (χ2n) is 7.79. The average molecular weight is 432 g/mol. The number of rotatable bonds is 11. The molecule has 0 aliphatic rings. The van der Waals surface area contributed by atoms with E-state index in [4.69, 9.17) is 9.47 Å². The highest BCUT2D eigenvalue weighted by Crippen LogP contribution is 2.29. The standard InChI is InChI=1S/C28H33NO3/c1-4-6-7-8-19-32-26-16-12-24(13-17-26)29-21(3)27-18-11-23(20-28(27)30)22-9-14-25(15-10-22)31-5-2/h9-18,20,30H,4-8,19H2,1-3H3. The van der Waals surface area contributed by atoms with Gasteiger partial charge in [0, 0.05) is 11.3 Å². The summed E-state index contributed by atoms with van der Waals surface area (Å²) in [6.45, 7) is 7.46. The summed E-state index contributed by atoms with van der Waals surface area (Å²) in [4.78, 5) is 4.67. The van der Waals surface area contributed by atoms with Gasteiger partial charge in [-0.05, 0) is 79.9 Å². The van der Waals surface area contributed by atoms with E-state index in [1.165, 1.54) is 19.3 Å². The zero-order valence-electron chi connectivity index (χ0n) is 19.3. The van der Waals surface area contributed by atoms with Gasteiger partial charge in [-0.1, -0.05) is 44.4 Å². The number of aliphatic imine (C=N–C) groups is 1. The van der Waals surface area contributed by atoms with Crippen molar-refractivity contribution in [2.24, 2.45) is 4.99 Å². The maximum Gasteiger partial charge on any atom is 0.125 e. The molecule has 0 aromatic heterocycles. The quantitative estimate of drug-likeness (QED) is 0.252. The van der Waals surface area contributed by atoms with E-state index >= 15 is 0 Å². The smallest absolute Gasteiger partial charge is 0.125 e. The van der Waals surface area contributed by atoms with Crippen LogP contribution in [0.3, 0.4) is 0 Å². The molecule has 0 saturated carbocycles. The van der Waals surface area contributed by atoms with Gasteiger partial charge in [-0.2, -0.15) is 0 Å². The van der Waals surface area contributed by atoms with Crippen LogP contribution in [0.5, 0.6) is 17.2 Å². The van der Waals surface area contributed by atoms with E-state index in [1.54, 1.807) is 6.07 Å². The van der Waals surface area contributed by atoms with Gasteiger partial charge in [-0.3, -0.25) is 4.99 Å². The Kier molecular flexibility index (Phi) is 8.73. The first-order valence-electron chi connectivity index (χ1n) is 11.5. The van der Waals surface area contributed by atoms with E-state index in [1.807, 2.05) is 74.5 Å². The Morgan fingerprint density at radius 1 is 0.781 bits per heavy atom. The molecule has 4 nitrogen and oxygen atoms in total. The van der Waals surface area contributed by atoms with E-state index in [0.29, 0.717) is 6.61 Å². The summed E-state index contributed by atoms with van der Waals surface area (Å²) in [7, 11) is 0. The number of phenols is 1. The summed E-state index contributed by atoms with van der Waals surface area (Å²) in [5.41, 5.74) is 4.28. The van der Waals surface area contributed by atoms with Crippen molar-refractivity contribution in [1.29, 1.82) is 0 Å². The first kappa shape index (κ1) is 23.4. The van der Waals surface area contributed by atoms with Crippen LogP contribution in [-0.4, -0.2) is 24.0 Å². The largest absolute Gasteiger partial charge is 0.507 e. The predicted molar refractivity (Wildman–Crippen MR) is 133 cm³/mol. The van der Waals surface area contributed by atoms with Crippen molar-refractivity contribution in [3.05, 3.63) is 72.3 Å². The van der Waals surface area contributed by atoms with Gasteiger partial charge in [-0.15, -0.1) is 0 Å². The number of nitrogens with zero attached hydrogens (tertiary/aromatic N) is 1. The first-order valence-corrected chi connectivity index (χ1v) is 11.5. The van der Waals surface area contributed by atoms with Crippen molar-refractivity contribution in [2.75, 3.05) is 13.2 Å². The zero-order valence-corrected chi connectivity index (χ0v) is 19.3. The van der Waals surface area contributed by atoms with Gasteiger partial charge in [0.15, 0.2) is 0 Å². The van der Waals surface area contributed by atoms with Crippen molar-refractivity contribution < 1.29 is 14.6 Å². The Bertz CT molecular complexity index is 1010. The molecule has 0 fully saturated rings. The molecule has 0 atom stereocenters. The first-order chi connectivity index (χ1) is 15.6. The van der Waals surface area contributed by atoms with Gasteiger partial charge in [0.25, 0.3) is 0 Å². The second-order valence-corrected chi connectivity index (χ2v) is 7.79. The van der Waals surface area contributed by atoms with Crippen molar-refractivity contribution in [2.45, 2.75) is 46.5 Å². The third kappa shape index (κ3) is 6.61. The van der Waals surface area contributed by atoms with Crippen LogP contribution in [0.25, 0.3) is 11.1 Å². The maximum absolute atomic E-state index is 10.6. The van der Waals surface area contributed by atoms with Gasteiger partial charge in [-0.25, -0.2) is 0 Å². The number of aromatic hydroxyl groups is 1. The lowest BCUT2D eigenvalue weighted by Crippen LogP contribution is -1.97. The van der Waals surface area contributed by atoms with Crippen LogP contribution < -0.4 is 9.47 Å². The molecule has 0 amide bonds. The Morgan fingerprint density at radius 2 is 1.44 bits per heavy atom. The molecule has 0 unspecified atom stereocenters. The number of ether oxygens (including phenoxy) is 2. The topological polar surface area (TPSA) is 51.0 Å². The van der Waals surface area contributed by atoms with Crippen LogP contribution in [0.15, 0.2) is 71.7 Å². The minimum Gasteiger partial charge on any atom is -0.507 e. The fraction of sp³-hybridized carbons (Fsp3) is 0.321. The summed E-state index contributed by atoms with van der Waals surface area (Å²) in [6.07, 6.45) is 4.77. The highest BCUT2D eigenvalue weighted by molar-refractivity contribution is 6.02. The highest BCUT2D eigenvalue weighted by atomic mass is 16.5. The summed E-state index contributed by atoms with van der Waals surface area (Å²) in [5.74, 6) is 1.92. The van der Waals surface area contributed by atoms with E-state index in [2.05, 4.69) is 11.9 Å². The van der Waals surface area contributed by atoms with Gasteiger partial charge in [0.05, 0.1) is 18.9 Å². The van der Waals surface area contributed by atoms with Crippen LogP contribution in [-0.2, 0) is 0 Å². The summed E-state index contributed by atoms with van der Waals surface area (Å²) in [6, 6.07) is 21.3. The fourth-order valence-electron chi connectivity index (χ4n) is 3.52. The second kappa shape index (κ2) is 11.9. The molecule has 0 spiro atoms. The van der Waals surface area contributed by atoms with Gasteiger partial charge in [0.1, 0.15) is 17.2 Å². The third-order valence-electron chi connectivity index (χ3n) is 5.29. The lowest BCUT2D eigenvalue weighted by molar-refractivity contribution is 0.305. The molecular formula is C28H33NO3. The monoisotopic (exact) mass is 431 g/mol. The molecule has 1 N–H and O–H groups in total. The predicted octanol–water partition coefficient (Wildman–Crippen LogP) is 7.56. The number of hydrogen-bond acceptors (Lipinski definition) is 4. The van der Waals surface area contributed by atoms with Gasteiger partial charge < -0.3 is 14.6 Å². The molecule has 3 aromatic rings. The molecule has 0 bridgehead atoms. The van der Waals surface area contributed by atoms with Crippen molar-refractivity contribution in [1.82, 2.24) is 0 Å². The summed E-state index contributed by atoms with van der Waals surface area (Å²) in [5, 5.41) is 10.6. The van der Waals surface area contributed by atoms with Crippen molar-refractivity contribution >= 4 is 11.4 Å². The SMILES string of the molecule is CCCCCCOc1ccc(N=C(C)c2ccc(-c3ccc(OCC)cc3)cc2O)cc1. The van der Waals surface area contributed by atoms with Crippen LogP contribution in [0.1, 0.15) is 52.0 Å². The lowest BCUT2D eigenvalue weighted by atomic mass is 10.0. The molecule has 3 aromatic carbocycles. The van der Waals surface area contributed by atoms with Crippen LogP contribution in [0, 0.1) is 0 Å². The minimum atomic E-state index is 0.213. The summed E-state index contributed by atoms with van der Waals surface area (Å²) < 4.78 is 11.3.